The van der Waals surface area contributed by atoms with Gasteiger partial charge < -0.3 is 0 Å². The molecular weight excluding hydrogens is 204 g/mol. The summed E-state index contributed by atoms with van der Waals surface area (Å²) in [5, 5.41) is 2.52. The molecule has 0 saturated carbocycles. The van der Waals surface area contributed by atoms with E-state index in [1.165, 1.54) is 17.6 Å². The molecule has 0 saturated heterocycles. The van der Waals surface area contributed by atoms with Crippen LogP contribution in [0.3, 0.4) is 0 Å². The Balaban J connectivity index is 2.87. The molecule has 0 amide bonds. The average Bonchev–Trinajstić information content (AvgIpc) is 2.45. The fourth-order valence-electron chi connectivity index (χ4n) is 1.24. The minimum atomic E-state index is -3.08. The fraction of sp³-hybridized carbons (Fsp3) is 0.111. The zero-order chi connectivity index (χ0) is 9.47. The van der Waals surface area contributed by atoms with Gasteiger partial charge in [0.1, 0.15) is 0 Å². The van der Waals surface area contributed by atoms with Crippen LogP contribution in [0.25, 0.3) is 10.1 Å². The van der Waals surface area contributed by atoms with Crippen LogP contribution in [0, 0.1) is 0 Å². The Morgan fingerprint density at radius 2 is 1.92 bits per heavy atom. The molecule has 0 aliphatic heterocycles. The quantitative estimate of drug-likeness (QED) is 0.727. The lowest BCUT2D eigenvalue weighted by atomic mass is 10.3. The summed E-state index contributed by atoms with van der Waals surface area (Å²) >= 11 is 1.46. The zero-order valence-electron chi connectivity index (χ0n) is 7.02. The molecule has 2 aromatic rings. The second kappa shape index (κ2) is 2.82. The minimum Gasteiger partial charge on any atom is -0.224 e. The molecule has 0 aliphatic rings. The van der Waals surface area contributed by atoms with Crippen molar-refractivity contribution in [1.29, 1.82) is 0 Å². The molecule has 68 valence electrons. The molecule has 0 atom stereocenters. The van der Waals surface area contributed by atoms with E-state index < -0.39 is 9.84 Å². The van der Waals surface area contributed by atoms with Gasteiger partial charge >= 0.3 is 0 Å². The molecule has 0 radical (unpaired) electrons. The highest BCUT2D eigenvalue weighted by Crippen LogP contribution is 2.28. The number of sulfone groups is 1. The second-order valence-corrected chi connectivity index (χ2v) is 5.76. The summed E-state index contributed by atoms with van der Waals surface area (Å²) in [4.78, 5) is 0.438. The van der Waals surface area contributed by atoms with E-state index in [0.717, 1.165) is 10.1 Å². The maximum Gasteiger partial charge on any atom is 0.176 e. The number of rotatable bonds is 1. The summed E-state index contributed by atoms with van der Waals surface area (Å²) in [5.41, 5.74) is 0. The SMILES string of the molecule is CS(=O)(=O)c1csc2ccccc12. The third kappa shape index (κ3) is 1.47. The zero-order valence-corrected chi connectivity index (χ0v) is 8.65. The molecule has 0 spiro atoms. The molecule has 2 nitrogen and oxygen atoms in total. The van der Waals surface area contributed by atoms with E-state index in [-0.39, 0.29) is 0 Å². The summed E-state index contributed by atoms with van der Waals surface area (Å²) in [6.07, 6.45) is 1.24. The van der Waals surface area contributed by atoms with Crippen LogP contribution in [0.5, 0.6) is 0 Å². The van der Waals surface area contributed by atoms with Crippen molar-refractivity contribution >= 4 is 31.3 Å². The number of hydrogen-bond acceptors (Lipinski definition) is 3. The molecule has 0 N–H and O–H groups in total. The highest BCUT2D eigenvalue weighted by molar-refractivity contribution is 7.91. The lowest BCUT2D eigenvalue weighted by Crippen LogP contribution is -1.94. The van der Waals surface area contributed by atoms with Gasteiger partial charge in [-0.05, 0) is 6.07 Å². The molecule has 0 bridgehead atoms. The molecule has 4 heteroatoms. The predicted molar refractivity (Wildman–Crippen MR) is 54.9 cm³/mol. The van der Waals surface area contributed by atoms with Gasteiger partial charge in [-0.15, -0.1) is 11.3 Å². The van der Waals surface area contributed by atoms with E-state index >= 15 is 0 Å². The number of hydrogen-bond donors (Lipinski definition) is 0. The average molecular weight is 212 g/mol. The van der Waals surface area contributed by atoms with Crippen molar-refractivity contribution in [2.45, 2.75) is 4.90 Å². The van der Waals surface area contributed by atoms with Crippen molar-refractivity contribution in [2.75, 3.05) is 6.26 Å². The Morgan fingerprint density at radius 3 is 2.62 bits per heavy atom. The second-order valence-electron chi connectivity index (χ2n) is 2.87. The van der Waals surface area contributed by atoms with Crippen molar-refractivity contribution in [2.24, 2.45) is 0 Å². The standard InChI is InChI=1S/C9H8O2S2/c1-13(10,11)9-6-12-8-5-3-2-4-7(8)9/h2-6H,1H3. The van der Waals surface area contributed by atoms with Crippen LogP contribution >= 0.6 is 11.3 Å². The van der Waals surface area contributed by atoms with E-state index in [1.54, 1.807) is 5.38 Å². The van der Waals surface area contributed by atoms with Crippen LogP contribution < -0.4 is 0 Å². The van der Waals surface area contributed by atoms with Gasteiger partial charge in [0.2, 0.25) is 0 Å². The van der Waals surface area contributed by atoms with Crippen molar-refractivity contribution in [3.63, 3.8) is 0 Å². The molecule has 1 aromatic carbocycles. The summed E-state index contributed by atoms with van der Waals surface area (Å²) in [6, 6.07) is 7.52. The Labute approximate surface area is 80.7 Å². The Hall–Kier alpha value is -0.870. The monoisotopic (exact) mass is 212 g/mol. The number of thiophene rings is 1. The molecule has 1 aromatic heterocycles. The number of fused-ring (bicyclic) bond motifs is 1. The fourth-order valence-corrected chi connectivity index (χ4v) is 3.55. The van der Waals surface area contributed by atoms with Gasteiger partial charge in [0.05, 0.1) is 4.90 Å². The van der Waals surface area contributed by atoms with Gasteiger partial charge in [0.15, 0.2) is 9.84 Å². The van der Waals surface area contributed by atoms with Gasteiger partial charge in [0, 0.05) is 21.7 Å². The van der Waals surface area contributed by atoms with Gasteiger partial charge in [0.25, 0.3) is 0 Å². The van der Waals surface area contributed by atoms with E-state index in [0.29, 0.717) is 4.90 Å². The van der Waals surface area contributed by atoms with Gasteiger partial charge in [-0.1, -0.05) is 18.2 Å². The summed E-state index contributed by atoms with van der Waals surface area (Å²) in [5.74, 6) is 0. The highest BCUT2D eigenvalue weighted by Gasteiger charge is 2.12. The van der Waals surface area contributed by atoms with Crippen LogP contribution in [0.15, 0.2) is 34.5 Å². The first-order valence-corrected chi connectivity index (χ1v) is 6.52. The van der Waals surface area contributed by atoms with Crippen molar-refractivity contribution < 1.29 is 8.42 Å². The first kappa shape index (κ1) is 8.72. The topological polar surface area (TPSA) is 34.1 Å². The predicted octanol–water partition coefficient (Wildman–Crippen LogP) is 2.30. The van der Waals surface area contributed by atoms with Crippen molar-refractivity contribution in [3.8, 4) is 0 Å². The van der Waals surface area contributed by atoms with Gasteiger partial charge in [-0.25, -0.2) is 8.42 Å². The molecule has 0 unspecified atom stereocenters. The lowest BCUT2D eigenvalue weighted by molar-refractivity contribution is 0.603. The van der Waals surface area contributed by atoms with Crippen molar-refractivity contribution in [3.05, 3.63) is 29.6 Å². The molecule has 2 rings (SSSR count). The lowest BCUT2D eigenvalue weighted by Gasteiger charge is -1.93. The van der Waals surface area contributed by atoms with Crippen molar-refractivity contribution in [1.82, 2.24) is 0 Å². The third-order valence-electron chi connectivity index (χ3n) is 1.84. The maximum absolute atomic E-state index is 11.3. The van der Waals surface area contributed by atoms with Crippen LogP contribution in [-0.2, 0) is 9.84 Å². The molecule has 0 fully saturated rings. The van der Waals surface area contributed by atoms with E-state index in [2.05, 4.69) is 0 Å². The van der Waals surface area contributed by atoms with E-state index in [1.807, 2.05) is 24.3 Å². The van der Waals surface area contributed by atoms with Crippen LogP contribution in [0.1, 0.15) is 0 Å². The summed E-state index contributed by atoms with van der Waals surface area (Å²) < 4.78 is 23.6. The molecule has 0 aliphatic carbocycles. The largest absolute Gasteiger partial charge is 0.224 e. The highest BCUT2D eigenvalue weighted by atomic mass is 32.2. The molecule has 13 heavy (non-hydrogen) atoms. The summed E-state index contributed by atoms with van der Waals surface area (Å²) in [6.45, 7) is 0. The molecular formula is C9H8O2S2. The smallest absolute Gasteiger partial charge is 0.176 e. The normalized spacial score (nSPS) is 12.1. The van der Waals surface area contributed by atoms with Crippen LogP contribution in [0.4, 0.5) is 0 Å². The van der Waals surface area contributed by atoms with Crippen LogP contribution in [-0.4, -0.2) is 14.7 Å². The third-order valence-corrected chi connectivity index (χ3v) is 4.09. The first-order chi connectivity index (χ1) is 6.09. The summed E-state index contributed by atoms with van der Waals surface area (Å²) in [7, 11) is -3.08. The first-order valence-electron chi connectivity index (χ1n) is 3.75. The number of benzene rings is 1. The Morgan fingerprint density at radius 1 is 1.23 bits per heavy atom. The molecule has 1 heterocycles. The minimum absolute atomic E-state index is 0.438. The van der Waals surface area contributed by atoms with E-state index in [4.69, 9.17) is 0 Å². The van der Waals surface area contributed by atoms with Gasteiger partial charge in [-0.3, -0.25) is 0 Å². The van der Waals surface area contributed by atoms with E-state index in [9.17, 15) is 8.42 Å². The van der Waals surface area contributed by atoms with Gasteiger partial charge in [-0.2, -0.15) is 0 Å². The Kier molecular flexibility index (Phi) is 1.89. The van der Waals surface area contributed by atoms with Crippen LogP contribution in [0.2, 0.25) is 0 Å². The maximum atomic E-state index is 11.3. The Bertz CT molecular complexity index is 537.